The summed E-state index contributed by atoms with van der Waals surface area (Å²) in [6.07, 6.45) is 2.46. The number of anilines is 1. The number of nitrogens with one attached hydrogen (secondary N) is 1. The van der Waals surface area contributed by atoms with Gasteiger partial charge < -0.3 is 14.8 Å². The third-order valence-corrected chi connectivity index (χ3v) is 2.83. The van der Waals surface area contributed by atoms with Gasteiger partial charge in [-0.25, -0.2) is 0 Å². The summed E-state index contributed by atoms with van der Waals surface area (Å²) in [5.41, 5.74) is 0.995. The van der Waals surface area contributed by atoms with Gasteiger partial charge in [-0.1, -0.05) is 20.3 Å². The highest BCUT2D eigenvalue weighted by Crippen LogP contribution is 2.29. The first-order chi connectivity index (χ1) is 8.21. The lowest BCUT2D eigenvalue weighted by molar-refractivity contribution is 0.404. The van der Waals surface area contributed by atoms with Gasteiger partial charge in [-0.15, -0.1) is 0 Å². The maximum absolute atomic E-state index is 5.32. The van der Waals surface area contributed by atoms with Crippen molar-refractivity contribution in [1.29, 1.82) is 0 Å². The zero-order chi connectivity index (χ0) is 12.7. The lowest BCUT2D eigenvalue weighted by Crippen LogP contribution is -2.11. The van der Waals surface area contributed by atoms with Crippen molar-refractivity contribution in [3.05, 3.63) is 18.2 Å². The van der Waals surface area contributed by atoms with Crippen molar-refractivity contribution in [1.82, 2.24) is 0 Å². The van der Waals surface area contributed by atoms with E-state index in [1.54, 1.807) is 14.2 Å². The summed E-state index contributed by atoms with van der Waals surface area (Å²) in [4.78, 5) is 0. The van der Waals surface area contributed by atoms with Gasteiger partial charge in [0.2, 0.25) is 0 Å². The Balaban J connectivity index is 2.67. The molecule has 96 valence electrons. The van der Waals surface area contributed by atoms with E-state index in [1.165, 1.54) is 12.8 Å². The fourth-order valence-electron chi connectivity index (χ4n) is 1.83. The zero-order valence-electron chi connectivity index (χ0n) is 11.2. The molecule has 1 unspecified atom stereocenters. The van der Waals surface area contributed by atoms with Crippen molar-refractivity contribution >= 4 is 5.69 Å². The van der Waals surface area contributed by atoms with Gasteiger partial charge in [0.25, 0.3) is 0 Å². The monoisotopic (exact) mass is 237 g/mol. The predicted molar refractivity (Wildman–Crippen MR) is 72.1 cm³/mol. The van der Waals surface area contributed by atoms with Crippen LogP contribution in [0.15, 0.2) is 18.2 Å². The molecule has 0 aliphatic heterocycles. The van der Waals surface area contributed by atoms with E-state index in [-0.39, 0.29) is 0 Å². The average Bonchev–Trinajstić information content (AvgIpc) is 2.36. The molecule has 1 rings (SSSR count). The predicted octanol–water partition coefficient (Wildman–Crippen LogP) is 3.55. The first-order valence-electron chi connectivity index (χ1n) is 6.17. The van der Waals surface area contributed by atoms with E-state index < -0.39 is 0 Å². The highest BCUT2D eigenvalue weighted by Gasteiger charge is 2.06. The fraction of sp³-hybridized carbons (Fsp3) is 0.571. The van der Waals surface area contributed by atoms with Crippen LogP contribution in [0.3, 0.4) is 0 Å². The number of benzene rings is 1. The van der Waals surface area contributed by atoms with Gasteiger partial charge in [0.1, 0.15) is 11.5 Å². The number of hydrogen-bond donors (Lipinski definition) is 1. The Labute approximate surface area is 104 Å². The summed E-state index contributed by atoms with van der Waals surface area (Å²) in [6, 6.07) is 5.79. The van der Waals surface area contributed by atoms with Crippen molar-refractivity contribution in [2.45, 2.75) is 26.7 Å². The molecule has 1 N–H and O–H groups in total. The van der Waals surface area contributed by atoms with Crippen LogP contribution in [-0.2, 0) is 0 Å². The van der Waals surface area contributed by atoms with Crippen LogP contribution < -0.4 is 14.8 Å². The summed E-state index contributed by atoms with van der Waals surface area (Å²) in [7, 11) is 3.35. The van der Waals surface area contributed by atoms with Crippen molar-refractivity contribution in [3.63, 3.8) is 0 Å². The Bertz CT molecular complexity index is 339. The molecule has 17 heavy (non-hydrogen) atoms. The van der Waals surface area contributed by atoms with E-state index in [0.29, 0.717) is 5.92 Å². The number of rotatable bonds is 7. The normalized spacial score (nSPS) is 12.0. The summed E-state index contributed by atoms with van der Waals surface area (Å²) in [6.45, 7) is 5.42. The van der Waals surface area contributed by atoms with E-state index in [0.717, 1.165) is 23.7 Å². The number of hydrogen-bond acceptors (Lipinski definition) is 3. The molecular formula is C14H23NO2. The number of ether oxygens (including phenoxy) is 2. The topological polar surface area (TPSA) is 30.5 Å². The highest BCUT2D eigenvalue weighted by atomic mass is 16.5. The first-order valence-corrected chi connectivity index (χ1v) is 6.17. The van der Waals surface area contributed by atoms with E-state index >= 15 is 0 Å². The third kappa shape index (κ3) is 4.17. The first kappa shape index (κ1) is 13.7. The van der Waals surface area contributed by atoms with Crippen molar-refractivity contribution in [3.8, 4) is 11.5 Å². The third-order valence-electron chi connectivity index (χ3n) is 2.83. The molecule has 0 heterocycles. The molecule has 0 amide bonds. The lowest BCUT2D eigenvalue weighted by atomic mass is 10.1. The van der Waals surface area contributed by atoms with E-state index in [2.05, 4.69) is 19.2 Å². The molecule has 3 nitrogen and oxygen atoms in total. The second-order valence-electron chi connectivity index (χ2n) is 4.34. The minimum atomic E-state index is 0.663. The molecule has 0 fully saturated rings. The summed E-state index contributed by atoms with van der Waals surface area (Å²) >= 11 is 0. The quantitative estimate of drug-likeness (QED) is 0.786. The molecule has 1 aromatic rings. The minimum Gasteiger partial charge on any atom is -0.497 e. The Morgan fingerprint density at radius 1 is 1.24 bits per heavy atom. The van der Waals surface area contributed by atoms with Gasteiger partial charge in [0.05, 0.1) is 19.9 Å². The van der Waals surface area contributed by atoms with Crippen molar-refractivity contribution in [2.75, 3.05) is 26.1 Å². The van der Waals surface area contributed by atoms with Crippen LogP contribution in [0.4, 0.5) is 5.69 Å². The molecule has 0 bridgehead atoms. The van der Waals surface area contributed by atoms with E-state index in [1.807, 2.05) is 18.2 Å². The molecule has 0 saturated heterocycles. The van der Waals surface area contributed by atoms with Gasteiger partial charge in [-0.05, 0) is 24.5 Å². The maximum Gasteiger partial charge on any atom is 0.142 e. The molecule has 0 aromatic heterocycles. The van der Waals surface area contributed by atoms with Gasteiger partial charge in [-0.2, -0.15) is 0 Å². The molecule has 3 heteroatoms. The van der Waals surface area contributed by atoms with Gasteiger partial charge >= 0.3 is 0 Å². The molecule has 1 atom stereocenters. The van der Waals surface area contributed by atoms with Crippen molar-refractivity contribution in [2.24, 2.45) is 5.92 Å². The second kappa shape index (κ2) is 7.05. The minimum absolute atomic E-state index is 0.663. The molecule has 0 radical (unpaired) electrons. The van der Waals surface area contributed by atoms with Gasteiger partial charge in [0, 0.05) is 12.6 Å². The summed E-state index contributed by atoms with van der Waals surface area (Å²) < 4.78 is 10.5. The van der Waals surface area contributed by atoms with E-state index in [9.17, 15) is 0 Å². The Hall–Kier alpha value is -1.38. The van der Waals surface area contributed by atoms with Crippen LogP contribution >= 0.6 is 0 Å². The molecular weight excluding hydrogens is 214 g/mol. The zero-order valence-corrected chi connectivity index (χ0v) is 11.2. The Morgan fingerprint density at radius 3 is 2.59 bits per heavy atom. The molecule has 0 aliphatic carbocycles. The van der Waals surface area contributed by atoms with Crippen LogP contribution in [0.2, 0.25) is 0 Å². The lowest BCUT2D eigenvalue weighted by Gasteiger charge is -2.15. The summed E-state index contributed by atoms with van der Waals surface area (Å²) in [5.74, 6) is 2.36. The smallest absolute Gasteiger partial charge is 0.142 e. The second-order valence-corrected chi connectivity index (χ2v) is 4.34. The Kier molecular flexibility index (Phi) is 5.67. The molecule has 0 saturated carbocycles. The van der Waals surface area contributed by atoms with Gasteiger partial charge in [0.15, 0.2) is 0 Å². The Morgan fingerprint density at radius 2 is 2.00 bits per heavy atom. The molecule has 0 aliphatic rings. The molecule has 1 aromatic carbocycles. The van der Waals surface area contributed by atoms with Gasteiger partial charge in [-0.3, -0.25) is 0 Å². The fourth-order valence-corrected chi connectivity index (χ4v) is 1.83. The molecule has 0 spiro atoms. The van der Waals surface area contributed by atoms with Crippen LogP contribution in [0, 0.1) is 5.92 Å². The summed E-state index contributed by atoms with van der Waals surface area (Å²) in [5, 5.41) is 3.42. The SMILES string of the molecule is CCCC(C)CNc1cc(OC)ccc1OC. The van der Waals surface area contributed by atoms with Crippen LogP contribution in [0.1, 0.15) is 26.7 Å². The average molecular weight is 237 g/mol. The standard InChI is InChI=1S/C14H23NO2/c1-5-6-11(2)10-15-13-9-12(16-3)7-8-14(13)17-4/h7-9,11,15H,5-6,10H2,1-4H3. The maximum atomic E-state index is 5.32. The van der Waals surface area contributed by atoms with Crippen molar-refractivity contribution < 1.29 is 9.47 Å². The van der Waals surface area contributed by atoms with E-state index in [4.69, 9.17) is 9.47 Å². The van der Waals surface area contributed by atoms with Crippen LogP contribution in [0.25, 0.3) is 0 Å². The highest BCUT2D eigenvalue weighted by molar-refractivity contribution is 5.59. The number of methoxy groups -OCH3 is 2. The van der Waals surface area contributed by atoms with Crippen LogP contribution in [0.5, 0.6) is 11.5 Å². The van der Waals surface area contributed by atoms with Crippen LogP contribution in [-0.4, -0.2) is 20.8 Å². The largest absolute Gasteiger partial charge is 0.497 e.